The number of carboxylic acids is 1. The van der Waals surface area contributed by atoms with E-state index >= 15 is 0 Å². The number of halogens is 1. The van der Waals surface area contributed by atoms with Crippen LogP contribution in [0, 0.1) is 5.92 Å². The van der Waals surface area contributed by atoms with Gasteiger partial charge in [0.2, 0.25) is 5.91 Å². The van der Waals surface area contributed by atoms with Crippen LogP contribution in [0.3, 0.4) is 0 Å². The lowest BCUT2D eigenvalue weighted by Gasteiger charge is -2.24. The highest BCUT2D eigenvalue weighted by molar-refractivity contribution is 7.86. The van der Waals surface area contributed by atoms with Crippen LogP contribution in [0.2, 0.25) is 0 Å². The largest absolute Gasteiger partial charge is 0.480 e. The lowest BCUT2D eigenvalue weighted by Crippen LogP contribution is -2.50. The standard InChI is InChI=1S/C13H21FN2O7S/c1-13(2,3)23-12(20)15-9(11(18)19)6-16-5-8(4-10(16)17)7-24(14,21)22/h8-9H,4-7H2,1-3H3,(H,15,20)(H,18,19). The molecule has 11 heteroatoms. The first-order chi connectivity index (χ1) is 10.8. The summed E-state index contributed by atoms with van der Waals surface area (Å²) in [6.07, 6.45) is -1.15. The second-order valence-corrected chi connectivity index (χ2v) is 8.02. The number of carbonyl (C=O) groups is 3. The van der Waals surface area contributed by atoms with Gasteiger partial charge in [-0.2, -0.15) is 8.42 Å². The number of likely N-dealkylation sites (tertiary alicyclic amines) is 1. The summed E-state index contributed by atoms with van der Waals surface area (Å²) in [4.78, 5) is 35.8. The van der Waals surface area contributed by atoms with Crippen LogP contribution in [-0.2, 0) is 24.5 Å². The Morgan fingerprint density at radius 2 is 2.04 bits per heavy atom. The van der Waals surface area contributed by atoms with Crippen molar-refractivity contribution >= 4 is 28.2 Å². The van der Waals surface area contributed by atoms with Crippen LogP contribution in [0.1, 0.15) is 27.2 Å². The van der Waals surface area contributed by atoms with Gasteiger partial charge in [0.25, 0.3) is 0 Å². The minimum atomic E-state index is -4.72. The second kappa shape index (κ2) is 7.32. The maximum atomic E-state index is 12.7. The third-order valence-corrected chi connectivity index (χ3v) is 3.99. The Kier molecular flexibility index (Phi) is 6.15. The first kappa shape index (κ1) is 20.1. The third kappa shape index (κ3) is 7.11. The summed E-state index contributed by atoms with van der Waals surface area (Å²) in [5.41, 5.74) is -0.822. The number of carboxylic acid groups (broad SMARTS) is 1. The Balaban J connectivity index is 2.67. The zero-order chi connectivity index (χ0) is 18.7. The molecule has 0 radical (unpaired) electrons. The average molecular weight is 368 g/mol. The summed E-state index contributed by atoms with van der Waals surface area (Å²) in [6.45, 7) is 4.36. The number of amides is 2. The minimum absolute atomic E-state index is 0.0955. The molecule has 2 atom stereocenters. The van der Waals surface area contributed by atoms with Gasteiger partial charge in [-0.1, -0.05) is 0 Å². The number of nitrogens with one attached hydrogen (secondary N) is 1. The molecule has 0 aromatic carbocycles. The molecule has 0 saturated carbocycles. The molecule has 0 aliphatic carbocycles. The zero-order valence-electron chi connectivity index (χ0n) is 13.6. The lowest BCUT2D eigenvalue weighted by atomic mass is 10.1. The van der Waals surface area contributed by atoms with E-state index in [1.165, 1.54) is 0 Å². The highest BCUT2D eigenvalue weighted by Crippen LogP contribution is 2.20. The quantitative estimate of drug-likeness (QED) is 0.636. The molecule has 1 aliphatic rings. The molecule has 0 aromatic heterocycles. The van der Waals surface area contributed by atoms with E-state index in [1.54, 1.807) is 20.8 Å². The normalized spacial score (nSPS) is 19.9. The number of ether oxygens (including phenoxy) is 1. The molecular formula is C13H21FN2O7S. The number of carbonyl (C=O) groups excluding carboxylic acids is 2. The van der Waals surface area contributed by atoms with Gasteiger partial charge in [-0.3, -0.25) is 4.79 Å². The molecule has 0 aromatic rings. The Morgan fingerprint density at radius 3 is 2.50 bits per heavy atom. The number of hydrogen-bond donors (Lipinski definition) is 2. The summed E-state index contributed by atoms with van der Waals surface area (Å²) >= 11 is 0. The van der Waals surface area contributed by atoms with Gasteiger partial charge in [-0.25, -0.2) is 9.59 Å². The molecule has 24 heavy (non-hydrogen) atoms. The lowest BCUT2D eigenvalue weighted by molar-refractivity contribution is -0.140. The van der Waals surface area contributed by atoms with Crippen molar-refractivity contribution in [2.75, 3.05) is 18.8 Å². The monoisotopic (exact) mass is 368 g/mol. The van der Waals surface area contributed by atoms with Crippen LogP contribution in [0.15, 0.2) is 0 Å². The molecule has 2 amide bonds. The predicted octanol–water partition coefficient (Wildman–Crippen LogP) is 0.112. The SMILES string of the molecule is CC(C)(C)OC(=O)NC(CN1CC(CS(=O)(=O)F)CC1=O)C(=O)O. The molecular weight excluding hydrogens is 347 g/mol. The van der Waals surface area contributed by atoms with Crippen LogP contribution in [0.25, 0.3) is 0 Å². The van der Waals surface area contributed by atoms with Gasteiger partial charge < -0.3 is 20.1 Å². The van der Waals surface area contributed by atoms with E-state index in [2.05, 4.69) is 5.32 Å². The van der Waals surface area contributed by atoms with Gasteiger partial charge >= 0.3 is 22.3 Å². The number of hydrogen-bond acceptors (Lipinski definition) is 6. The highest BCUT2D eigenvalue weighted by atomic mass is 32.3. The maximum absolute atomic E-state index is 12.7. The summed E-state index contributed by atoms with van der Waals surface area (Å²) < 4.78 is 38.9. The second-order valence-electron chi connectivity index (χ2n) is 6.61. The summed E-state index contributed by atoms with van der Waals surface area (Å²) in [7, 11) is -4.72. The zero-order valence-corrected chi connectivity index (χ0v) is 14.4. The van der Waals surface area contributed by atoms with Crippen molar-refractivity contribution in [1.29, 1.82) is 0 Å². The molecule has 2 N–H and O–H groups in total. The van der Waals surface area contributed by atoms with Crippen molar-refractivity contribution in [3.8, 4) is 0 Å². The van der Waals surface area contributed by atoms with E-state index in [4.69, 9.17) is 9.84 Å². The van der Waals surface area contributed by atoms with Gasteiger partial charge in [0.1, 0.15) is 11.6 Å². The number of nitrogens with zero attached hydrogens (tertiary/aromatic N) is 1. The van der Waals surface area contributed by atoms with Crippen molar-refractivity contribution < 1.29 is 36.5 Å². The van der Waals surface area contributed by atoms with Crippen LogP contribution >= 0.6 is 0 Å². The van der Waals surface area contributed by atoms with Gasteiger partial charge in [-0.15, -0.1) is 3.89 Å². The highest BCUT2D eigenvalue weighted by Gasteiger charge is 2.36. The Morgan fingerprint density at radius 1 is 1.46 bits per heavy atom. The molecule has 1 aliphatic heterocycles. The molecule has 0 bridgehead atoms. The fraction of sp³-hybridized carbons (Fsp3) is 0.769. The van der Waals surface area contributed by atoms with Crippen molar-refractivity contribution in [2.45, 2.75) is 38.8 Å². The van der Waals surface area contributed by atoms with Gasteiger partial charge in [-0.05, 0) is 20.8 Å². The van der Waals surface area contributed by atoms with Gasteiger partial charge in [0.05, 0.1) is 12.3 Å². The minimum Gasteiger partial charge on any atom is -0.480 e. The predicted molar refractivity (Wildman–Crippen MR) is 80.4 cm³/mol. The van der Waals surface area contributed by atoms with E-state index in [9.17, 15) is 26.7 Å². The summed E-state index contributed by atoms with van der Waals surface area (Å²) in [5, 5.41) is 11.3. The Labute approximate surface area is 139 Å². The summed E-state index contributed by atoms with van der Waals surface area (Å²) in [5.74, 6) is -3.42. The number of alkyl carbamates (subject to hydrolysis) is 1. The van der Waals surface area contributed by atoms with Crippen molar-refractivity contribution in [3.05, 3.63) is 0 Å². The first-order valence-corrected chi connectivity index (χ1v) is 8.74. The van der Waals surface area contributed by atoms with E-state index in [1.807, 2.05) is 0 Å². The van der Waals surface area contributed by atoms with Crippen molar-refractivity contribution in [2.24, 2.45) is 5.92 Å². The number of rotatable bonds is 6. The van der Waals surface area contributed by atoms with E-state index in [-0.39, 0.29) is 19.5 Å². The van der Waals surface area contributed by atoms with Gasteiger partial charge in [0, 0.05) is 18.9 Å². The van der Waals surface area contributed by atoms with Crippen molar-refractivity contribution in [3.63, 3.8) is 0 Å². The van der Waals surface area contributed by atoms with E-state index in [0.29, 0.717) is 0 Å². The topological polar surface area (TPSA) is 130 Å². The smallest absolute Gasteiger partial charge is 0.408 e. The molecule has 1 rings (SSSR count). The first-order valence-electron chi connectivity index (χ1n) is 7.19. The van der Waals surface area contributed by atoms with Crippen molar-refractivity contribution in [1.82, 2.24) is 10.2 Å². The maximum Gasteiger partial charge on any atom is 0.408 e. The third-order valence-electron chi connectivity index (χ3n) is 3.12. The summed E-state index contributed by atoms with van der Waals surface area (Å²) in [6, 6.07) is -1.43. The van der Waals surface area contributed by atoms with Crippen LogP contribution in [0.5, 0.6) is 0 Å². The molecule has 1 heterocycles. The number of aliphatic carboxylic acids is 1. The van der Waals surface area contributed by atoms with Crippen LogP contribution in [-0.4, -0.2) is 66.9 Å². The molecule has 0 spiro atoms. The molecule has 1 saturated heterocycles. The Bertz CT molecular complexity index is 614. The van der Waals surface area contributed by atoms with Crippen LogP contribution < -0.4 is 5.32 Å². The van der Waals surface area contributed by atoms with E-state index in [0.717, 1.165) is 4.90 Å². The molecule has 2 unspecified atom stereocenters. The van der Waals surface area contributed by atoms with Gasteiger partial charge in [0.15, 0.2) is 0 Å². The van der Waals surface area contributed by atoms with E-state index < -0.39 is 51.5 Å². The molecule has 1 fully saturated rings. The average Bonchev–Trinajstić information content (AvgIpc) is 2.63. The fourth-order valence-corrected chi connectivity index (χ4v) is 3.07. The molecule has 138 valence electrons. The fourth-order valence-electron chi connectivity index (χ4n) is 2.28. The van der Waals surface area contributed by atoms with Crippen LogP contribution in [0.4, 0.5) is 8.68 Å². The molecule has 9 nitrogen and oxygen atoms in total. The Hall–Kier alpha value is -1.91.